The van der Waals surface area contributed by atoms with Crippen molar-refractivity contribution in [3.8, 4) is 0 Å². The lowest BCUT2D eigenvalue weighted by Gasteiger charge is -2.38. The summed E-state index contributed by atoms with van der Waals surface area (Å²) in [5, 5.41) is 8.45. The molecule has 8 nitrogen and oxygen atoms in total. The molecule has 3 aliphatic heterocycles. The Hall–Kier alpha value is -3.45. The van der Waals surface area contributed by atoms with Crippen molar-refractivity contribution in [2.24, 2.45) is 5.10 Å². The number of halogens is 5. The van der Waals surface area contributed by atoms with Gasteiger partial charge >= 0.3 is 0 Å². The topological polar surface area (TPSA) is 85.5 Å². The Balaban J connectivity index is 1.48. The van der Waals surface area contributed by atoms with Gasteiger partial charge < -0.3 is 23.9 Å². The molecule has 2 aromatic carbocycles. The number of nitrogens with one attached hydrogen (secondary N) is 1. The standard InChI is InChI=1S/C28H24ClF4N3O5/c1-28(27(37)34-18-11-39-26-21(38-2)12-40-25(18)26)23(20-7-8-22(29)41-20)24(15-5-3-13(30)9-16(15)32)35-36(28)19-6-4-14(31)10-17(19)33/h3-10,18,21,23,25-26H,11-12H2,1-2H3,(H,34,37)/t18-,21+,23?,25?,26?,28?/m0/s1. The third kappa shape index (κ3) is 4.58. The van der Waals surface area contributed by atoms with Gasteiger partial charge in [0.25, 0.3) is 0 Å². The molecule has 0 bridgehead atoms. The third-order valence-electron chi connectivity index (χ3n) is 7.79. The predicted molar refractivity (Wildman–Crippen MR) is 139 cm³/mol. The van der Waals surface area contributed by atoms with Gasteiger partial charge in [0.05, 0.1) is 36.6 Å². The first-order valence-electron chi connectivity index (χ1n) is 12.7. The minimum absolute atomic E-state index is 0.0231. The molecule has 41 heavy (non-hydrogen) atoms. The number of nitrogens with zero attached hydrogens (tertiary/aromatic N) is 2. The highest BCUT2D eigenvalue weighted by Crippen LogP contribution is 2.47. The summed E-state index contributed by atoms with van der Waals surface area (Å²) in [6, 6.07) is 7.94. The van der Waals surface area contributed by atoms with Crippen LogP contribution in [0.5, 0.6) is 0 Å². The number of hydrogen-bond donors (Lipinski definition) is 1. The van der Waals surface area contributed by atoms with E-state index >= 15 is 8.78 Å². The number of anilines is 1. The molecule has 6 rings (SSSR count). The van der Waals surface area contributed by atoms with E-state index in [1.807, 2.05) is 0 Å². The Morgan fingerprint density at radius 1 is 1.02 bits per heavy atom. The van der Waals surface area contributed by atoms with Crippen molar-refractivity contribution in [1.82, 2.24) is 5.32 Å². The van der Waals surface area contributed by atoms with E-state index < -0.39 is 58.9 Å². The van der Waals surface area contributed by atoms with Gasteiger partial charge in [-0.25, -0.2) is 22.6 Å². The van der Waals surface area contributed by atoms with Crippen molar-refractivity contribution in [1.29, 1.82) is 0 Å². The van der Waals surface area contributed by atoms with Gasteiger partial charge in [-0.15, -0.1) is 0 Å². The van der Waals surface area contributed by atoms with Crippen LogP contribution in [0, 0.1) is 23.3 Å². The number of benzene rings is 2. The molecule has 4 heterocycles. The van der Waals surface area contributed by atoms with Crippen LogP contribution in [0.1, 0.15) is 24.2 Å². The van der Waals surface area contributed by atoms with Gasteiger partial charge in [0.1, 0.15) is 41.5 Å². The normalized spacial score (nSPS) is 29.1. The van der Waals surface area contributed by atoms with Crippen molar-refractivity contribution in [2.75, 3.05) is 25.3 Å². The lowest BCUT2D eigenvalue weighted by atomic mass is 9.78. The molecule has 1 aromatic heterocycles. The Kier molecular flexibility index (Phi) is 7.05. The summed E-state index contributed by atoms with van der Waals surface area (Å²) >= 11 is 6.09. The average Bonchev–Trinajstić information content (AvgIpc) is 3.69. The molecule has 216 valence electrons. The third-order valence-corrected chi connectivity index (χ3v) is 8.00. The van der Waals surface area contributed by atoms with E-state index in [1.165, 1.54) is 26.2 Å². The minimum Gasteiger partial charge on any atom is -0.449 e. The molecule has 13 heteroatoms. The average molecular weight is 594 g/mol. The maximum absolute atomic E-state index is 15.3. The number of amides is 1. The maximum Gasteiger partial charge on any atom is 0.249 e. The molecule has 0 spiro atoms. The highest BCUT2D eigenvalue weighted by Gasteiger charge is 2.58. The number of hydrogen-bond acceptors (Lipinski definition) is 7. The molecule has 4 unspecified atom stereocenters. The molecule has 2 fully saturated rings. The van der Waals surface area contributed by atoms with E-state index in [-0.39, 0.29) is 47.3 Å². The second kappa shape index (κ2) is 10.4. The van der Waals surface area contributed by atoms with Gasteiger partial charge in [0.15, 0.2) is 16.6 Å². The van der Waals surface area contributed by atoms with Crippen LogP contribution in [0.4, 0.5) is 23.2 Å². The first kappa shape index (κ1) is 27.7. The zero-order chi connectivity index (χ0) is 29.1. The number of ether oxygens (including phenoxy) is 3. The van der Waals surface area contributed by atoms with Crippen molar-refractivity contribution >= 4 is 28.9 Å². The number of fused-ring (bicyclic) bond motifs is 1. The summed E-state index contributed by atoms with van der Waals surface area (Å²) in [7, 11) is 1.53. The van der Waals surface area contributed by atoms with E-state index in [0.29, 0.717) is 12.1 Å². The van der Waals surface area contributed by atoms with Crippen LogP contribution in [0.3, 0.4) is 0 Å². The Morgan fingerprint density at radius 2 is 1.73 bits per heavy atom. The fourth-order valence-corrected chi connectivity index (χ4v) is 5.90. The molecule has 0 aliphatic carbocycles. The molecule has 3 aliphatic rings. The van der Waals surface area contributed by atoms with E-state index in [9.17, 15) is 13.6 Å². The molecule has 1 N–H and O–H groups in total. The molecule has 6 atom stereocenters. The van der Waals surface area contributed by atoms with E-state index in [0.717, 1.165) is 29.3 Å². The summed E-state index contributed by atoms with van der Waals surface area (Å²) in [6.07, 6.45) is -1.24. The summed E-state index contributed by atoms with van der Waals surface area (Å²) in [6.45, 7) is 1.84. The van der Waals surface area contributed by atoms with Crippen molar-refractivity contribution < 1.29 is 41.0 Å². The Morgan fingerprint density at radius 3 is 2.39 bits per heavy atom. The van der Waals surface area contributed by atoms with E-state index in [1.54, 1.807) is 0 Å². The summed E-state index contributed by atoms with van der Waals surface area (Å²) < 4.78 is 81.0. The van der Waals surface area contributed by atoms with Gasteiger partial charge in [-0.3, -0.25) is 4.79 Å². The van der Waals surface area contributed by atoms with Gasteiger partial charge in [-0.1, -0.05) is 0 Å². The first-order chi connectivity index (χ1) is 19.6. The van der Waals surface area contributed by atoms with Gasteiger partial charge in [0.2, 0.25) is 5.91 Å². The molecular formula is C28H24ClF4N3O5. The van der Waals surface area contributed by atoms with Crippen LogP contribution in [-0.2, 0) is 19.0 Å². The molecule has 3 aromatic rings. The van der Waals surface area contributed by atoms with Crippen molar-refractivity contribution in [3.05, 3.63) is 88.3 Å². The zero-order valence-corrected chi connectivity index (χ0v) is 22.5. The monoisotopic (exact) mass is 593 g/mol. The number of furan rings is 1. The molecule has 0 radical (unpaired) electrons. The minimum atomic E-state index is -1.84. The first-order valence-corrected chi connectivity index (χ1v) is 13.1. The Labute approximate surface area is 236 Å². The predicted octanol–water partition coefficient (Wildman–Crippen LogP) is 4.55. The van der Waals surface area contributed by atoms with Crippen LogP contribution in [-0.4, -0.2) is 61.8 Å². The molecular weight excluding hydrogens is 570 g/mol. The van der Waals surface area contributed by atoms with Crippen LogP contribution < -0.4 is 10.3 Å². The maximum atomic E-state index is 15.3. The van der Waals surface area contributed by atoms with Gasteiger partial charge in [-0.2, -0.15) is 5.10 Å². The summed E-state index contributed by atoms with van der Waals surface area (Å²) in [5.74, 6) is -5.40. The van der Waals surface area contributed by atoms with Crippen LogP contribution in [0.2, 0.25) is 5.22 Å². The number of carbonyl (C=O) groups is 1. The van der Waals surface area contributed by atoms with Gasteiger partial charge in [-0.05, 0) is 54.9 Å². The number of hydrazone groups is 1. The fraction of sp³-hybridized carbons (Fsp3) is 0.357. The Bertz CT molecular complexity index is 1540. The number of carbonyl (C=O) groups excluding carboxylic acids is 1. The largest absolute Gasteiger partial charge is 0.449 e. The second-order valence-corrected chi connectivity index (χ2v) is 10.6. The van der Waals surface area contributed by atoms with Gasteiger partial charge in [0, 0.05) is 24.8 Å². The van der Waals surface area contributed by atoms with Crippen LogP contribution >= 0.6 is 11.6 Å². The summed E-state index contributed by atoms with van der Waals surface area (Å²) in [5.41, 5.74) is -2.32. The highest BCUT2D eigenvalue weighted by molar-refractivity contribution is 6.28. The van der Waals surface area contributed by atoms with Crippen molar-refractivity contribution in [3.63, 3.8) is 0 Å². The summed E-state index contributed by atoms with van der Waals surface area (Å²) in [4.78, 5) is 14.3. The molecule has 1 amide bonds. The van der Waals surface area contributed by atoms with Crippen molar-refractivity contribution in [2.45, 2.75) is 42.7 Å². The highest BCUT2D eigenvalue weighted by atomic mass is 35.5. The van der Waals surface area contributed by atoms with Crippen LogP contribution in [0.15, 0.2) is 58.0 Å². The van der Waals surface area contributed by atoms with Crippen LogP contribution in [0.25, 0.3) is 0 Å². The lowest BCUT2D eigenvalue weighted by molar-refractivity contribution is -0.127. The lowest BCUT2D eigenvalue weighted by Crippen LogP contribution is -2.60. The number of methoxy groups -OCH3 is 1. The fourth-order valence-electron chi connectivity index (χ4n) is 5.75. The quantitative estimate of drug-likeness (QED) is 0.422. The molecule has 0 saturated carbocycles. The number of rotatable bonds is 6. The smallest absolute Gasteiger partial charge is 0.249 e. The zero-order valence-electron chi connectivity index (χ0n) is 21.7. The van der Waals surface area contributed by atoms with E-state index in [4.69, 9.17) is 30.2 Å². The van der Waals surface area contributed by atoms with E-state index in [2.05, 4.69) is 10.4 Å². The SMILES string of the molecule is CO[C@@H]1COC2C1OC[C@@H]2NC(=O)C1(C)C(c2ccc(Cl)o2)C(c2ccc(F)cc2F)=NN1c1ccc(F)cc1F. The molecule has 2 saturated heterocycles. The second-order valence-electron chi connectivity index (χ2n) is 10.2.